The van der Waals surface area contributed by atoms with Crippen LogP contribution in [-0.4, -0.2) is 57.5 Å². The number of methoxy groups -OCH3 is 2. The van der Waals surface area contributed by atoms with Gasteiger partial charge in [0.05, 0.1) is 25.2 Å². The first-order valence-corrected chi connectivity index (χ1v) is 12.2. The first kappa shape index (κ1) is 24.7. The normalized spacial score (nSPS) is 18.5. The minimum absolute atomic E-state index is 0.0514. The fourth-order valence-corrected chi connectivity index (χ4v) is 6.31. The molecule has 0 radical (unpaired) electrons. The first-order chi connectivity index (χ1) is 16.6. The Bertz CT molecular complexity index is 1290. The number of hydrogen-bond acceptors (Lipinski definition) is 9. The van der Waals surface area contributed by atoms with E-state index in [4.69, 9.17) is 18.9 Å². The van der Waals surface area contributed by atoms with Gasteiger partial charge in [-0.05, 0) is 49.2 Å². The summed E-state index contributed by atoms with van der Waals surface area (Å²) in [6.07, 6.45) is -0.441. The Morgan fingerprint density at radius 1 is 1.03 bits per heavy atom. The van der Waals surface area contributed by atoms with E-state index in [0.29, 0.717) is 11.3 Å². The Morgan fingerprint density at radius 2 is 1.60 bits per heavy atom. The lowest BCUT2D eigenvalue weighted by molar-refractivity contribution is -0.166. The highest BCUT2D eigenvalue weighted by molar-refractivity contribution is 7.89. The van der Waals surface area contributed by atoms with Crippen molar-refractivity contribution in [1.29, 1.82) is 0 Å². The zero-order valence-corrected chi connectivity index (χ0v) is 20.5. The van der Waals surface area contributed by atoms with Gasteiger partial charge in [0, 0.05) is 13.0 Å². The molecule has 10 nitrogen and oxygen atoms in total. The molecular weight excluding hydrogens is 478 g/mol. The topological polar surface area (TPSA) is 126 Å². The van der Waals surface area contributed by atoms with E-state index in [1.54, 1.807) is 12.1 Å². The van der Waals surface area contributed by atoms with E-state index in [1.807, 2.05) is 6.92 Å². The Kier molecular flexibility index (Phi) is 6.32. The van der Waals surface area contributed by atoms with Crippen molar-refractivity contribution in [3.8, 4) is 11.5 Å². The molecule has 186 valence electrons. The highest BCUT2D eigenvalue weighted by Gasteiger charge is 2.63. The van der Waals surface area contributed by atoms with Crippen LogP contribution in [0.5, 0.6) is 11.5 Å². The van der Waals surface area contributed by atoms with Crippen molar-refractivity contribution >= 4 is 27.7 Å². The SMILES string of the molecule is COC(=O)C1(C(=O)OC)c2cc3c(cc2CN(S(=O)(=O)c2ccc(C)cc2)C1CC(C)=O)OCO3. The summed E-state index contributed by atoms with van der Waals surface area (Å²) in [5, 5.41) is 0. The third kappa shape index (κ3) is 3.84. The summed E-state index contributed by atoms with van der Waals surface area (Å²) in [7, 11) is -2.13. The number of nitrogens with zero attached hydrogens (tertiary/aromatic N) is 1. The molecule has 4 rings (SSSR count). The minimum atomic E-state index is -4.29. The smallest absolute Gasteiger partial charge is 0.329 e. The second kappa shape index (κ2) is 8.97. The second-order valence-corrected chi connectivity index (χ2v) is 10.3. The van der Waals surface area contributed by atoms with Crippen molar-refractivity contribution in [3.63, 3.8) is 0 Å². The number of Topliss-reactive ketones (excluding diaryl/α,β-unsaturated/α-hetero) is 1. The van der Waals surface area contributed by atoms with Gasteiger partial charge in [0.25, 0.3) is 0 Å². The van der Waals surface area contributed by atoms with E-state index in [-0.39, 0.29) is 29.5 Å². The highest BCUT2D eigenvalue weighted by atomic mass is 32.2. The standard InChI is InChI=1S/C24H25NO9S/c1-14-5-7-17(8-6-14)35(29,30)25-12-16-10-19-20(34-13-33-19)11-18(16)24(22(27)31-3,23(28)32-4)21(25)9-15(2)26/h5-8,10-11,21H,9,12-13H2,1-4H3. The summed E-state index contributed by atoms with van der Waals surface area (Å²) in [6, 6.07) is 7.66. The van der Waals surface area contributed by atoms with Crippen LogP contribution in [0.4, 0.5) is 0 Å². The van der Waals surface area contributed by atoms with Crippen LogP contribution >= 0.6 is 0 Å². The Labute approximate surface area is 202 Å². The van der Waals surface area contributed by atoms with E-state index >= 15 is 0 Å². The number of aryl methyl sites for hydroxylation is 1. The molecule has 0 spiro atoms. The third-order valence-electron chi connectivity index (χ3n) is 6.32. The predicted molar refractivity (Wildman–Crippen MR) is 121 cm³/mol. The molecule has 11 heteroatoms. The van der Waals surface area contributed by atoms with Crippen LogP contribution < -0.4 is 9.47 Å². The number of benzene rings is 2. The van der Waals surface area contributed by atoms with E-state index in [2.05, 4.69) is 0 Å². The number of carbonyl (C=O) groups is 3. The molecule has 0 saturated carbocycles. The Hall–Kier alpha value is -3.44. The molecule has 0 N–H and O–H groups in total. The van der Waals surface area contributed by atoms with Gasteiger partial charge in [-0.2, -0.15) is 4.31 Å². The summed E-state index contributed by atoms with van der Waals surface area (Å²) >= 11 is 0. The summed E-state index contributed by atoms with van der Waals surface area (Å²) in [5.74, 6) is -1.93. The summed E-state index contributed by atoms with van der Waals surface area (Å²) < 4.78 is 49.8. The molecule has 0 bridgehead atoms. The van der Waals surface area contributed by atoms with Gasteiger partial charge in [-0.1, -0.05) is 17.7 Å². The molecule has 0 saturated heterocycles. The van der Waals surface area contributed by atoms with Gasteiger partial charge in [0.2, 0.25) is 22.2 Å². The number of sulfonamides is 1. The van der Waals surface area contributed by atoms with E-state index in [9.17, 15) is 22.8 Å². The number of ketones is 1. The van der Waals surface area contributed by atoms with Crippen molar-refractivity contribution in [1.82, 2.24) is 4.31 Å². The Morgan fingerprint density at radius 3 is 2.14 bits per heavy atom. The minimum Gasteiger partial charge on any atom is -0.468 e. The zero-order valence-electron chi connectivity index (χ0n) is 19.7. The van der Waals surface area contributed by atoms with Crippen LogP contribution in [-0.2, 0) is 45.8 Å². The molecular formula is C24H25NO9S. The molecule has 2 aliphatic heterocycles. The summed E-state index contributed by atoms with van der Waals surface area (Å²) in [4.78, 5) is 39.3. The molecule has 0 fully saturated rings. The maximum Gasteiger partial charge on any atom is 0.329 e. The molecule has 2 aromatic carbocycles. The fraction of sp³-hybridized carbons (Fsp3) is 0.375. The van der Waals surface area contributed by atoms with Crippen LogP contribution in [0, 0.1) is 6.92 Å². The molecule has 1 unspecified atom stereocenters. The van der Waals surface area contributed by atoms with Crippen LogP contribution in [0.2, 0.25) is 0 Å². The lowest BCUT2D eigenvalue weighted by Crippen LogP contribution is -2.64. The van der Waals surface area contributed by atoms with Gasteiger partial charge in [0.1, 0.15) is 5.78 Å². The monoisotopic (exact) mass is 503 g/mol. The molecule has 2 heterocycles. The average molecular weight is 504 g/mol. The maximum atomic E-state index is 13.9. The van der Waals surface area contributed by atoms with Crippen molar-refractivity contribution in [3.05, 3.63) is 53.1 Å². The fourth-order valence-electron chi connectivity index (χ4n) is 4.68. The van der Waals surface area contributed by atoms with Crippen LogP contribution in [0.25, 0.3) is 0 Å². The summed E-state index contributed by atoms with van der Waals surface area (Å²) in [6.45, 7) is 2.76. The molecule has 35 heavy (non-hydrogen) atoms. The number of fused-ring (bicyclic) bond motifs is 2. The summed E-state index contributed by atoms with van der Waals surface area (Å²) in [5.41, 5.74) is -0.983. The molecule has 2 aliphatic rings. The third-order valence-corrected chi connectivity index (χ3v) is 8.19. The molecule has 0 aliphatic carbocycles. The largest absolute Gasteiger partial charge is 0.468 e. The van der Waals surface area contributed by atoms with Gasteiger partial charge < -0.3 is 18.9 Å². The van der Waals surface area contributed by atoms with Crippen molar-refractivity contribution in [2.24, 2.45) is 0 Å². The number of rotatable bonds is 6. The molecule has 2 aromatic rings. The van der Waals surface area contributed by atoms with Gasteiger partial charge in [-0.3, -0.25) is 14.4 Å². The second-order valence-electron chi connectivity index (χ2n) is 8.44. The zero-order chi connectivity index (χ0) is 25.5. The number of esters is 2. The van der Waals surface area contributed by atoms with Gasteiger partial charge >= 0.3 is 11.9 Å². The van der Waals surface area contributed by atoms with Crippen molar-refractivity contribution in [2.45, 2.75) is 43.2 Å². The maximum absolute atomic E-state index is 13.9. The lowest BCUT2D eigenvalue weighted by atomic mass is 9.68. The van der Waals surface area contributed by atoms with Crippen LogP contribution in [0.15, 0.2) is 41.3 Å². The molecule has 1 atom stereocenters. The lowest BCUT2D eigenvalue weighted by Gasteiger charge is -2.46. The first-order valence-electron chi connectivity index (χ1n) is 10.7. The van der Waals surface area contributed by atoms with Crippen molar-refractivity contribution < 1.29 is 41.7 Å². The van der Waals surface area contributed by atoms with Crippen molar-refractivity contribution in [2.75, 3.05) is 21.0 Å². The van der Waals surface area contributed by atoms with Crippen LogP contribution in [0.3, 0.4) is 0 Å². The average Bonchev–Trinajstić information content (AvgIpc) is 3.29. The quantitative estimate of drug-likeness (QED) is 0.429. The van der Waals surface area contributed by atoms with Gasteiger partial charge in [-0.25, -0.2) is 8.42 Å². The van der Waals surface area contributed by atoms with Gasteiger partial charge in [0.15, 0.2) is 11.5 Å². The Balaban J connectivity index is 2.05. The number of ether oxygens (including phenoxy) is 4. The molecule has 0 amide bonds. The number of hydrogen-bond donors (Lipinski definition) is 0. The van der Waals surface area contributed by atoms with E-state index < -0.39 is 45.6 Å². The van der Waals surface area contributed by atoms with E-state index in [1.165, 1.54) is 31.2 Å². The van der Waals surface area contributed by atoms with Crippen LogP contribution in [0.1, 0.15) is 30.0 Å². The number of carbonyl (C=O) groups excluding carboxylic acids is 3. The van der Waals surface area contributed by atoms with Gasteiger partial charge in [-0.15, -0.1) is 0 Å². The van der Waals surface area contributed by atoms with E-state index in [0.717, 1.165) is 24.1 Å². The predicted octanol–water partition coefficient (Wildman–Crippen LogP) is 1.86. The molecule has 0 aromatic heterocycles. The highest BCUT2D eigenvalue weighted by Crippen LogP contribution is 2.48.